The van der Waals surface area contributed by atoms with E-state index in [0.29, 0.717) is 22.2 Å². The van der Waals surface area contributed by atoms with Crippen LogP contribution in [0.3, 0.4) is 0 Å². The summed E-state index contributed by atoms with van der Waals surface area (Å²) in [6.07, 6.45) is 0.522. The topological polar surface area (TPSA) is 29.5 Å². The summed E-state index contributed by atoms with van der Waals surface area (Å²) in [6, 6.07) is 3.62. The Hall–Kier alpha value is -0.440. The van der Waals surface area contributed by atoms with E-state index in [4.69, 9.17) is 33.0 Å². The second kappa shape index (κ2) is 3.37. The highest BCUT2D eigenvalue weighted by molar-refractivity contribution is 6.43. The summed E-state index contributed by atoms with van der Waals surface area (Å²) in [4.78, 5) is 0. The molecule has 0 aromatic heterocycles. The number of hydrogen-bond donors (Lipinski definition) is 1. The van der Waals surface area contributed by atoms with E-state index in [1.54, 1.807) is 6.07 Å². The zero-order chi connectivity index (χ0) is 9.42. The van der Waals surface area contributed by atoms with E-state index >= 15 is 0 Å². The fraction of sp³-hybridized carbons (Fsp3) is 0.333. The number of fused-ring (bicyclic) bond motifs is 1. The summed E-state index contributed by atoms with van der Waals surface area (Å²) < 4.78 is 5.40. The molecule has 13 heavy (non-hydrogen) atoms. The lowest BCUT2D eigenvalue weighted by atomic mass is 10.1. The molecule has 1 heterocycles. The lowest BCUT2D eigenvalue weighted by Gasteiger charge is -2.07. The highest BCUT2D eigenvalue weighted by Gasteiger charge is 2.25. The Morgan fingerprint density at radius 1 is 1.46 bits per heavy atom. The van der Waals surface area contributed by atoms with Crippen molar-refractivity contribution >= 4 is 23.2 Å². The molecule has 0 saturated carbocycles. The first-order chi connectivity index (χ1) is 6.22. The van der Waals surface area contributed by atoms with Crippen molar-refractivity contribution in [3.05, 3.63) is 27.7 Å². The number of benzene rings is 1. The average Bonchev–Trinajstić information content (AvgIpc) is 2.55. The maximum Gasteiger partial charge on any atom is 0.143 e. The third-order valence-electron chi connectivity index (χ3n) is 2.07. The van der Waals surface area contributed by atoms with Gasteiger partial charge in [-0.15, -0.1) is 0 Å². The molecule has 0 fully saturated rings. The number of rotatable bonds is 1. The van der Waals surface area contributed by atoms with Gasteiger partial charge in [-0.25, -0.2) is 0 Å². The average molecular weight is 219 g/mol. The maximum absolute atomic E-state index is 8.90. The quantitative estimate of drug-likeness (QED) is 0.785. The Kier molecular flexibility index (Phi) is 2.37. The van der Waals surface area contributed by atoms with Crippen molar-refractivity contribution in [1.29, 1.82) is 0 Å². The standard InChI is InChI=1S/C9H8Cl2O2/c10-7-2-1-5-3-6(4-12)13-9(5)8(7)11/h1-2,6,12H,3-4H2/t6-/m1/s1. The Labute approximate surface area is 86.0 Å². The lowest BCUT2D eigenvalue weighted by Crippen LogP contribution is -2.17. The highest BCUT2D eigenvalue weighted by Crippen LogP contribution is 2.39. The molecule has 0 spiro atoms. The fourth-order valence-electron chi connectivity index (χ4n) is 1.42. The van der Waals surface area contributed by atoms with E-state index in [0.717, 1.165) is 5.56 Å². The van der Waals surface area contributed by atoms with E-state index in [1.165, 1.54) is 0 Å². The minimum atomic E-state index is -0.175. The molecular formula is C9H8Cl2O2. The van der Waals surface area contributed by atoms with Gasteiger partial charge in [0.1, 0.15) is 16.9 Å². The summed E-state index contributed by atoms with van der Waals surface area (Å²) in [7, 11) is 0. The molecule has 70 valence electrons. The van der Waals surface area contributed by atoms with Crippen molar-refractivity contribution in [2.75, 3.05) is 6.61 Å². The van der Waals surface area contributed by atoms with Crippen molar-refractivity contribution in [2.24, 2.45) is 0 Å². The SMILES string of the molecule is OC[C@H]1Cc2ccc(Cl)c(Cl)c2O1. The van der Waals surface area contributed by atoms with Gasteiger partial charge in [-0.05, 0) is 11.6 Å². The number of aliphatic hydroxyl groups excluding tert-OH is 1. The van der Waals surface area contributed by atoms with Crippen LogP contribution in [-0.4, -0.2) is 17.8 Å². The molecular weight excluding hydrogens is 211 g/mol. The molecule has 1 aliphatic rings. The third-order valence-corrected chi connectivity index (χ3v) is 2.85. The fourth-order valence-corrected chi connectivity index (χ4v) is 1.79. The van der Waals surface area contributed by atoms with Gasteiger partial charge in [-0.1, -0.05) is 29.3 Å². The molecule has 1 aliphatic heterocycles. The van der Waals surface area contributed by atoms with Crippen LogP contribution in [0.15, 0.2) is 12.1 Å². The Balaban J connectivity index is 2.40. The van der Waals surface area contributed by atoms with Crippen molar-refractivity contribution in [2.45, 2.75) is 12.5 Å². The Morgan fingerprint density at radius 2 is 2.23 bits per heavy atom. The number of ether oxygens (including phenoxy) is 1. The van der Waals surface area contributed by atoms with Crippen molar-refractivity contribution in [3.8, 4) is 5.75 Å². The molecule has 1 aromatic carbocycles. The second-order valence-corrected chi connectivity index (χ2v) is 3.76. The van der Waals surface area contributed by atoms with E-state index < -0.39 is 0 Å². The van der Waals surface area contributed by atoms with E-state index in [1.807, 2.05) is 6.07 Å². The molecule has 2 nitrogen and oxygen atoms in total. The van der Waals surface area contributed by atoms with E-state index in [-0.39, 0.29) is 12.7 Å². The van der Waals surface area contributed by atoms with Crippen molar-refractivity contribution in [1.82, 2.24) is 0 Å². The molecule has 0 saturated heterocycles. The van der Waals surface area contributed by atoms with E-state index in [2.05, 4.69) is 0 Å². The van der Waals surface area contributed by atoms with Crippen molar-refractivity contribution in [3.63, 3.8) is 0 Å². The predicted molar refractivity (Wildman–Crippen MR) is 51.7 cm³/mol. The molecule has 1 atom stereocenters. The first kappa shape index (κ1) is 9.13. The van der Waals surface area contributed by atoms with Gasteiger partial charge in [0.15, 0.2) is 0 Å². The Bertz CT molecular complexity index is 339. The highest BCUT2D eigenvalue weighted by atomic mass is 35.5. The predicted octanol–water partition coefficient (Wildman–Crippen LogP) is 2.29. The third kappa shape index (κ3) is 1.50. The molecule has 0 aliphatic carbocycles. The van der Waals surface area contributed by atoms with Gasteiger partial charge in [0.2, 0.25) is 0 Å². The molecule has 1 aromatic rings. The van der Waals surface area contributed by atoms with Gasteiger partial charge in [-0.3, -0.25) is 0 Å². The van der Waals surface area contributed by atoms with Gasteiger partial charge >= 0.3 is 0 Å². The van der Waals surface area contributed by atoms with Gasteiger partial charge < -0.3 is 9.84 Å². The van der Waals surface area contributed by atoms with Crippen molar-refractivity contribution < 1.29 is 9.84 Å². The van der Waals surface area contributed by atoms with Crippen LogP contribution in [0.2, 0.25) is 10.0 Å². The lowest BCUT2D eigenvalue weighted by molar-refractivity contribution is 0.134. The van der Waals surface area contributed by atoms with Crippen LogP contribution in [0, 0.1) is 0 Å². The molecule has 0 amide bonds. The van der Waals surface area contributed by atoms with Crippen LogP contribution < -0.4 is 4.74 Å². The molecule has 0 radical (unpaired) electrons. The van der Waals surface area contributed by atoms with Gasteiger partial charge in [-0.2, -0.15) is 0 Å². The monoisotopic (exact) mass is 218 g/mol. The van der Waals surface area contributed by atoms with Crippen LogP contribution >= 0.6 is 23.2 Å². The van der Waals surface area contributed by atoms with Gasteiger partial charge in [0, 0.05) is 6.42 Å². The van der Waals surface area contributed by atoms with Crippen LogP contribution in [-0.2, 0) is 6.42 Å². The molecule has 2 rings (SSSR count). The number of halogens is 2. The summed E-state index contributed by atoms with van der Waals surface area (Å²) >= 11 is 11.7. The molecule has 1 N–H and O–H groups in total. The first-order valence-corrected chi connectivity index (χ1v) is 4.72. The van der Waals surface area contributed by atoms with Gasteiger partial charge in [0.25, 0.3) is 0 Å². The summed E-state index contributed by atoms with van der Waals surface area (Å²) in [5.41, 5.74) is 1.01. The van der Waals surface area contributed by atoms with Crippen LogP contribution in [0.4, 0.5) is 0 Å². The summed E-state index contributed by atoms with van der Waals surface area (Å²) in [5, 5.41) is 9.82. The number of hydrogen-bond acceptors (Lipinski definition) is 2. The first-order valence-electron chi connectivity index (χ1n) is 3.96. The largest absolute Gasteiger partial charge is 0.486 e. The second-order valence-electron chi connectivity index (χ2n) is 2.98. The smallest absolute Gasteiger partial charge is 0.143 e. The minimum absolute atomic E-state index is 0.00261. The maximum atomic E-state index is 8.90. The number of aliphatic hydroxyl groups is 1. The minimum Gasteiger partial charge on any atom is -0.486 e. The normalized spacial score (nSPS) is 19.8. The Morgan fingerprint density at radius 3 is 2.92 bits per heavy atom. The zero-order valence-electron chi connectivity index (χ0n) is 6.76. The van der Waals surface area contributed by atoms with Gasteiger partial charge in [0.05, 0.1) is 11.6 Å². The molecule has 0 bridgehead atoms. The summed E-state index contributed by atoms with van der Waals surface area (Å²) in [5.74, 6) is 0.619. The van der Waals surface area contributed by atoms with Crippen LogP contribution in [0.5, 0.6) is 5.75 Å². The van der Waals surface area contributed by atoms with Crippen LogP contribution in [0.25, 0.3) is 0 Å². The zero-order valence-corrected chi connectivity index (χ0v) is 8.27. The molecule has 4 heteroatoms. The summed E-state index contributed by atoms with van der Waals surface area (Å²) in [6.45, 7) is 0.00261. The molecule has 0 unspecified atom stereocenters. The van der Waals surface area contributed by atoms with E-state index in [9.17, 15) is 0 Å². The van der Waals surface area contributed by atoms with Crippen LogP contribution in [0.1, 0.15) is 5.56 Å².